The van der Waals surface area contributed by atoms with Gasteiger partial charge in [0.15, 0.2) is 0 Å². The molecule has 0 atom stereocenters. The number of carbonyl (C=O) groups excluding carboxylic acids is 1. The number of nitrogens with one attached hydrogen (secondary N) is 1. The molecule has 2 N–H and O–H groups in total. The minimum atomic E-state index is -3.80. The number of aliphatic hydroxyl groups is 1. The van der Waals surface area contributed by atoms with Crippen LogP contribution in [0.3, 0.4) is 0 Å². The molecule has 0 spiro atoms. The molecule has 1 aromatic rings. The van der Waals surface area contributed by atoms with Crippen LogP contribution in [0.25, 0.3) is 0 Å². The lowest BCUT2D eigenvalue weighted by Gasteiger charge is -2.17. The summed E-state index contributed by atoms with van der Waals surface area (Å²) < 4.78 is 25.1. The van der Waals surface area contributed by atoms with Crippen molar-refractivity contribution in [2.45, 2.75) is 31.3 Å². The molecule has 17 heavy (non-hydrogen) atoms. The Morgan fingerprint density at radius 1 is 1.24 bits per heavy atom. The summed E-state index contributed by atoms with van der Waals surface area (Å²) in [6.07, 6.45) is 0. The van der Waals surface area contributed by atoms with Crippen molar-refractivity contribution in [2.24, 2.45) is 0 Å². The fraction of sp³-hybridized carbons (Fsp3) is 0.364. The molecule has 0 radical (unpaired) electrons. The molecule has 0 aromatic heterocycles. The molecule has 0 bridgehead atoms. The van der Waals surface area contributed by atoms with E-state index in [0.29, 0.717) is 5.56 Å². The van der Waals surface area contributed by atoms with E-state index in [1.165, 1.54) is 24.3 Å². The van der Waals surface area contributed by atoms with Crippen LogP contribution in [-0.4, -0.2) is 19.4 Å². The average molecular weight is 257 g/mol. The maximum Gasteiger partial charge on any atom is 0.264 e. The zero-order valence-electron chi connectivity index (χ0n) is 9.89. The Morgan fingerprint density at radius 2 is 1.71 bits per heavy atom. The summed E-state index contributed by atoms with van der Waals surface area (Å²) in [6.45, 7) is 4.33. The smallest absolute Gasteiger partial charge is 0.264 e. The zero-order valence-corrected chi connectivity index (χ0v) is 10.7. The number of hydrogen-bond donors (Lipinski definition) is 2. The van der Waals surface area contributed by atoms with Crippen molar-refractivity contribution < 1.29 is 18.3 Å². The fourth-order valence-electron chi connectivity index (χ4n) is 1.29. The first-order chi connectivity index (χ1) is 7.63. The van der Waals surface area contributed by atoms with Crippen molar-refractivity contribution in [3.63, 3.8) is 0 Å². The number of hydrogen-bond acceptors (Lipinski definition) is 4. The summed E-state index contributed by atoms with van der Waals surface area (Å²) in [4.78, 5) is 10.7. The summed E-state index contributed by atoms with van der Waals surface area (Å²) in [5.74, 6) is -0.642. The molecule has 6 heteroatoms. The largest absolute Gasteiger partial charge is 0.386 e. The Kier molecular flexibility index (Phi) is 3.59. The van der Waals surface area contributed by atoms with Gasteiger partial charge in [-0.3, -0.25) is 4.79 Å². The molecule has 0 saturated carbocycles. The Hall–Kier alpha value is -1.40. The molecule has 0 fully saturated rings. The van der Waals surface area contributed by atoms with Crippen molar-refractivity contribution in [2.75, 3.05) is 0 Å². The third-order valence-electron chi connectivity index (χ3n) is 2.15. The lowest BCUT2D eigenvalue weighted by molar-refractivity contribution is -0.117. The number of benzene rings is 1. The molecule has 0 aliphatic heterocycles. The van der Waals surface area contributed by atoms with Crippen molar-refractivity contribution in [1.82, 2.24) is 4.72 Å². The van der Waals surface area contributed by atoms with E-state index in [-0.39, 0.29) is 4.90 Å². The van der Waals surface area contributed by atoms with Crippen molar-refractivity contribution >= 4 is 15.9 Å². The summed E-state index contributed by atoms with van der Waals surface area (Å²) in [5, 5.41) is 9.71. The van der Waals surface area contributed by atoms with Gasteiger partial charge in [0.05, 0.1) is 10.5 Å². The highest BCUT2D eigenvalue weighted by Crippen LogP contribution is 2.21. The normalized spacial score (nSPS) is 12.2. The van der Waals surface area contributed by atoms with Gasteiger partial charge < -0.3 is 5.11 Å². The Labute approximate surface area is 101 Å². The SMILES string of the molecule is CC(=O)NS(=O)(=O)c1ccc(C(C)(C)O)cc1. The van der Waals surface area contributed by atoms with E-state index in [1.54, 1.807) is 13.8 Å². The Balaban J connectivity index is 3.08. The van der Waals surface area contributed by atoms with Gasteiger partial charge in [0.25, 0.3) is 10.0 Å². The number of amides is 1. The summed E-state index contributed by atoms with van der Waals surface area (Å²) >= 11 is 0. The molecule has 1 amide bonds. The highest BCUT2D eigenvalue weighted by molar-refractivity contribution is 7.90. The quantitative estimate of drug-likeness (QED) is 0.836. The van der Waals surface area contributed by atoms with Crippen molar-refractivity contribution in [1.29, 1.82) is 0 Å². The van der Waals surface area contributed by atoms with Gasteiger partial charge >= 0.3 is 0 Å². The topological polar surface area (TPSA) is 83.5 Å². The van der Waals surface area contributed by atoms with E-state index in [4.69, 9.17) is 0 Å². The van der Waals surface area contributed by atoms with Gasteiger partial charge in [-0.2, -0.15) is 0 Å². The average Bonchev–Trinajstić information content (AvgIpc) is 2.14. The van der Waals surface area contributed by atoms with Crippen molar-refractivity contribution in [3.05, 3.63) is 29.8 Å². The minimum absolute atomic E-state index is 0.0132. The standard InChI is InChI=1S/C11H15NO4S/c1-8(13)12-17(15,16)10-6-4-9(5-7-10)11(2,3)14/h4-7,14H,1-3H3,(H,12,13). The maximum atomic E-state index is 11.6. The van der Waals surface area contributed by atoms with Gasteiger partial charge in [-0.05, 0) is 31.5 Å². The second-order valence-corrected chi connectivity index (χ2v) is 5.93. The minimum Gasteiger partial charge on any atom is -0.386 e. The second kappa shape index (κ2) is 4.46. The number of carbonyl (C=O) groups is 1. The molecule has 0 saturated heterocycles. The van der Waals surface area contributed by atoms with Crippen LogP contribution in [0.2, 0.25) is 0 Å². The molecular weight excluding hydrogens is 242 g/mol. The Bertz CT molecular complexity index is 511. The van der Waals surface area contributed by atoms with E-state index in [0.717, 1.165) is 6.92 Å². The van der Waals surface area contributed by atoms with E-state index < -0.39 is 21.5 Å². The van der Waals surface area contributed by atoms with Crippen LogP contribution >= 0.6 is 0 Å². The van der Waals surface area contributed by atoms with E-state index in [1.807, 2.05) is 4.72 Å². The predicted molar refractivity (Wildman–Crippen MR) is 62.7 cm³/mol. The first-order valence-electron chi connectivity index (χ1n) is 4.99. The molecular formula is C11H15NO4S. The van der Waals surface area contributed by atoms with Gasteiger partial charge in [-0.25, -0.2) is 13.1 Å². The van der Waals surface area contributed by atoms with Gasteiger partial charge in [0.1, 0.15) is 0 Å². The first-order valence-corrected chi connectivity index (χ1v) is 6.47. The molecule has 0 aliphatic rings. The highest BCUT2D eigenvalue weighted by atomic mass is 32.2. The van der Waals surface area contributed by atoms with Crippen LogP contribution < -0.4 is 4.72 Å². The molecule has 5 nitrogen and oxygen atoms in total. The van der Waals surface area contributed by atoms with Crippen LogP contribution in [0, 0.1) is 0 Å². The zero-order chi connectivity index (χ0) is 13.3. The fourth-order valence-corrected chi connectivity index (χ4v) is 2.28. The summed E-state index contributed by atoms with van der Waals surface area (Å²) in [6, 6.07) is 5.71. The van der Waals surface area contributed by atoms with Gasteiger partial charge in [-0.1, -0.05) is 12.1 Å². The maximum absolute atomic E-state index is 11.6. The highest BCUT2D eigenvalue weighted by Gasteiger charge is 2.19. The lowest BCUT2D eigenvalue weighted by atomic mass is 9.99. The number of sulfonamides is 1. The van der Waals surface area contributed by atoms with Crippen LogP contribution in [0.15, 0.2) is 29.2 Å². The van der Waals surface area contributed by atoms with E-state index >= 15 is 0 Å². The molecule has 1 aromatic carbocycles. The van der Waals surface area contributed by atoms with Crippen molar-refractivity contribution in [3.8, 4) is 0 Å². The monoisotopic (exact) mass is 257 g/mol. The van der Waals surface area contributed by atoms with Crippen LogP contribution in [0.5, 0.6) is 0 Å². The third-order valence-corrected chi connectivity index (χ3v) is 3.60. The van der Waals surface area contributed by atoms with E-state index in [2.05, 4.69) is 0 Å². The van der Waals surface area contributed by atoms with Gasteiger partial charge in [0.2, 0.25) is 5.91 Å². The molecule has 94 valence electrons. The molecule has 0 unspecified atom stereocenters. The summed E-state index contributed by atoms with van der Waals surface area (Å²) in [7, 11) is -3.80. The second-order valence-electron chi connectivity index (χ2n) is 4.25. The predicted octanol–water partition coefficient (Wildman–Crippen LogP) is 0.739. The van der Waals surface area contributed by atoms with Gasteiger partial charge in [-0.15, -0.1) is 0 Å². The van der Waals surface area contributed by atoms with Crippen LogP contribution in [0.1, 0.15) is 26.3 Å². The molecule has 1 rings (SSSR count). The summed E-state index contributed by atoms with van der Waals surface area (Å²) in [5.41, 5.74) is -0.435. The number of rotatable bonds is 3. The third kappa shape index (κ3) is 3.54. The van der Waals surface area contributed by atoms with Gasteiger partial charge in [0, 0.05) is 6.92 Å². The van der Waals surface area contributed by atoms with Crippen LogP contribution in [0.4, 0.5) is 0 Å². The lowest BCUT2D eigenvalue weighted by Crippen LogP contribution is -2.28. The van der Waals surface area contributed by atoms with Crippen LogP contribution in [-0.2, 0) is 20.4 Å². The first kappa shape index (κ1) is 13.7. The molecule has 0 aliphatic carbocycles. The molecule has 0 heterocycles. The Morgan fingerprint density at radius 3 is 2.06 bits per heavy atom. The van der Waals surface area contributed by atoms with E-state index in [9.17, 15) is 18.3 Å².